The molecular formula is C16H13BrF3N3. The van der Waals surface area contributed by atoms with Crippen LogP contribution in [0.5, 0.6) is 0 Å². The Morgan fingerprint density at radius 2 is 1.83 bits per heavy atom. The molecule has 2 heterocycles. The van der Waals surface area contributed by atoms with Gasteiger partial charge in [-0.1, -0.05) is 31.2 Å². The second-order valence-corrected chi connectivity index (χ2v) is 6.00. The van der Waals surface area contributed by atoms with Crippen LogP contribution in [0.4, 0.5) is 13.2 Å². The predicted octanol–water partition coefficient (Wildman–Crippen LogP) is 5.05. The average molecular weight is 384 g/mol. The summed E-state index contributed by atoms with van der Waals surface area (Å²) in [6.07, 6.45) is -3.65. The SMILES string of the molecule is CCc1ccc(-c2cc(C(F)(F)F)n3nc(C)c(Br)c3n2)cc1. The molecule has 2 aromatic heterocycles. The summed E-state index contributed by atoms with van der Waals surface area (Å²) in [5, 5.41) is 3.93. The fourth-order valence-electron chi connectivity index (χ4n) is 2.36. The molecule has 0 N–H and O–H groups in total. The van der Waals surface area contributed by atoms with Crippen molar-refractivity contribution in [1.29, 1.82) is 0 Å². The first kappa shape index (κ1) is 16.0. The van der Waals surface area contributed by atoms with Crippen LogP contribution in [0.2, 0.25) is 0 Å². The van der Waals surface area contributed by atoms with Gasteiger partial charge in [0.25, 0.3) is 0 Å². The van der Waals surface area contributed by atoms with Crippen LogP contribution in [0.25, 0.3) is 16.9 Å². The first-order valence-corrected chi connectivity index (χ1v) is 7.83. The molecule has 0 aliphatic heterocycles. The summed E-state index contributed by atoms with van der Waals surface area (Å²) < 4.78 is 41.4. The lowest BCUT2D eigenvalue weighted by atomic mass is 10.1. The minimum Gasteiger partial charge on any atom is -0.227 e. The highest BCUT2D eigenvalue weighted by Gasteiger charge is 2.35. The number of aryl methyl sites for hydroxylation is 2. The van der Waals surface area contributed by atoms with E-state index >= 15 is 0 Å². The van der Waals surface area contributed by atoms with E-state index < -0.39 is 11.9 Å². The first-order valence-electron chi connectivity index (χ1n) is 7.03. The van der Waals surface area contributed by atoms with Crippen molar-refractivity contribution in [3.63, 3.8) is 0 Å². The van der Waals surface area contributed by atoms with E-state index in [0.29, 0.717) is 15.7 Å². The smallest absolute Gasteiger partial charge is 0.227 e. The Hall–Kier alpha value is -1.89. The van der Waals surface area contributed by atoms with Gasteiger partial charge in [0.1, 0.15) is 0 Å². The lowest BCUT2D eigenvalue weighted by Gasteiger charge is -2.11. The van der Waals surface area contributed by atoms with Crippen molar-refractivity contribution >= 4 is 21.6 Å². The minimum absolute atomic E-state index is 0.159. The molecule has 23 heavy (non-hydrogen) atoms. The van der Waals surface area contributed by atoms with E-state index in [1.807, 2.05) is 19.1 Å². The van der Waals surface area contributed by atoms with Crippen molar-refractivity contribution in [2.45, 2.75) is 26.4 Å². The molecule has 0 unspecified atom stereocenters. The number of fused-ring (bicyclic) bond motifs is 1. The standard InChI is InChI=1S/C16H13BrF3N3/c1-3-10-4-6-11(7-5-10)12-8-13(16(18,19)20)23-15(21-12)14(17)9(2)22-23/h4-8H,3H2,1-2H3. The molecule has 3 rings (SSSR count). The quantitative estimate of drug-likeness (QED) is 0.619. The Bertz CT molecular complexity index is 867. The highest BCUT2D eigenvalue weighted by molar-refractivity contribution is 9.10. The highest BCUT2D eigenvalue weighted by atomic mass is 79.9. The lowest BCUT2D eigenvalue weighted by molar-refractivity contribution is -0.142. The Morgan fingerprint density at radius 1 is 1.17 bits per heavy atom. The van der Waals surface area contributed by atoms with Crippen molar-refractivity contribution in [2.24, 2.45) is 0 Å². The summed E-state index contributed by atoms with van der Waals surface area (Å²) >= 11 is 3.27. The van der Waals surface area contributed by atoms with Crippen molar-refractivity contribution in [3.8, 4) is 11.3 Å². The van der Waals surface area contributed by atoms with Crippen LogP contribution in [0.15, 0.2) is 34.8 Å². The molecule has 120 valence electrons. The van der Waals surface area contributed by atoms with Crippen LogP contribution < -0.4 is 0 Å². The Balaban J connectivity index is 2.27. The third-order valence-corrected chi connectivity index (χ3v) is 4.57. The third kappa shape index (κ3) is 2.85. The third-order valence-electron chi connectivity index (χ3n) is 3.64. The Labute approximate surface area is 139 Å². The summed E-state index contributed by atoms with van der Waals surface area (Å²) in [5.74, 6) is 0. The molecule has 1 aromatic carbocycles. The molecule has 0 amide bonds. The summed E-state index contributed by atoms with van der Waals surface area (Å²) in [7, 11) is 0. The maximum atomic E-state index is 13.4. The van der Waals surface area contributed by atoms with Gasteiger partial charge in [-0.15, -0.1) is 0 Å². The number of rotatable bonds is 2. The number of alkyl halides is 3. The van der Waals surface area contributed by atoms with Gasteiger partial charge in [0.15, 0.2) is 11.3 Å². The van der Waals surface area contributed by atoms with Gasteiger partial charge in [0.05, 0.1) is 15.9 Å². The van der Waals surface area contributed by atoms with E-state index in [2.05, 4.69) is 26.0 Å². The molecule has 0 aliphatic carbocycles. The van der Waals surface area contributed by atoms with Crippen LogP contribution in [0, 0.1) is 6.92 Å². The number of nitrogens with zero attached hydrogens (tertiary/aromatic N) is 3. The molecule has 0 atom stereocenters. The summed E-state index contributed by atoms with van der Waals surface area (Å²) in [6.45, 7) is 3.65. The Morgan fingerprint density at radius 3 is 2.39 bits per heavy atom. The van der Waals surface area contributed by atoms with E-state index in [9.17, 15) is 13.2 Å². The van der Waals surface area contributed by atoms with E-state index in [-0.39, 0.29) is 11.3 Å². The van der Waals surface area contributed by atoms with Crippen molar-refractivity contribution < 1.29 is 13.2 Å². The molecule has 0 saturated heterocycles. The monoisotopic (exact) mass is 383 g/mol. The van der Waals surface area contributed by atoms with Gasteiger partial charge in [-0.2, -0.15) is 18.3 Å². The molecule has 3 nitrogen and oxygen atoms in total. The van der Waals surface area contributed by atoms with Gasteiger partial charge in [-0.05, 0) is 40.9 Å². The van der Waals surface area contributed by atoms with Crippen LogP contribution >= 0.6 is 15.9 Å². The molecule has 0 radical (unpaired) electrons. The highest BCUT2D eigenvalue weighted by Crippen LogP contribution is 2.34. The van der Waals surface area contributed by atoms with Crippen LogP contribution in [0.1, 0.15) is 23.9 Å². The fourth-order valence-corrected chi connectivity index (χ4v) is 2.69. The lowest BCUT2D eigenvalue weighted by Crippen LogP contribution is -2.13. The minimum atomic E-state index is -4.52. The first-order chi connectivity index (χ1) is 10.8. The number of aromatic nitrogens is 3. The van der Waals surface area contributed by atoms with Crippen molar-refractivity contribution in [1.82, 2.24) is 14.6 Å². The van der Waals surface area contributed by atoms with Gasteiger partial charge in [-0.25, -0.2) is 9.50 Å². The molecule has 0 aliphatic rings. The maximum absolute atomic E-state index is 13.4. The normalized spacial score (nSPS) is 12.1. The fraction of sp³-hybridized carbons (Fsp3) is 0.250. The van der Waals surface area contributed by atoms with Gasteiger partial charge < -0.3 is 0 Å². The zero-order valence-electron chi connectivity index (χ0n) is 12.4. The molecule has 7 heteroatoms. The maximum Gasteiger partial charge on any atom is 0.433 e. The van der Waals surface area contributed by atoms with Crippen LogP contribution in [-0.4, -0.2) is 14.6 Å². The largest absolute Gasteiger partial charge is 0.433 e. The summed E-state index contributed by atoms with van der Waals surface area (Å²) in [4.78, 5) is 4.35. The zero-order chi connectivity index (χ0) is 16.8. The summed E-state index contributed by atoms with van der Waals surface area (Å²) in [6, 6.07) is 8.40. The second kappa shape index (κ2) is 5.63. The van der Waals surface area contributed by atoms with E-state index in [0.717, 1.165) is 22.6 Å². The number of halogens is 4. The zero-order valence-corrected chi connectivity index (χ0v) is 14.0. The van der Waals surface area contributed by atoms with Crippen LogP contribution in [-0.2, 0) is 12.6 Å². The molecule has 0 fully saturated rings. The van der Waals surface area contributed by atoms with Crippen molar-refractivity contribution in [2.75, 3.05) is 0 Å². The number of hydrogen-bond acceptors (Lipinski definition) is 2. The molecule has 0 spiro atoms. The van der Waals surface area contributed by atoms with Gasteiger partial charge in [0.2, 0.25) is 0 Å². The van der Waals surface area contributed by atoms with E-state index in [1.54, 1.807) is 19.1 Å². The van der Waals surface area contributed by atoms with Gasteiger partial charge in [-0.3, -0.25) is 0 Å². The molecule has 0 bridgehead atoms. The van der Waals surface area contributed by atoms with Crippen LogP contribution in [0.3, 0.4) is 0 Å². The number of benzene rings is 1. The second-order valence-electron chi connectivity index (χ2n) is 5.21. The van der Waals surface area contributed by atoms with E-state index in [4.69, 9.17) is 0 Å². The van der Waals surface area contributed by atoms with Crippen molar-refractivity contribution in [3.05, 3.63) is 51.8 Å². The summed E-state index contributed by atoms with van der Waals surface area (Å²) in [5.41, 5.74) is 1.81. The Kier molecular flexibility index (Phi) is 3.91. The van der Waals surface area contributed by atoms with E-state index in [1.165, 1.54) is 0 Å². The van der Waals surface area contributed by atoms with Gasteiger partial charge >= 0.3 is 6.18 Å². The average Bonchev–Trinajstić information content (AvgIpc) is 2.80. The molecule has 3 aromatic rings. The molecule has 0 saturated carbocycles. The predicted molar refractivity (Wildman–Crippen MR) is 85.2 cm³/mol. The number of hydrogen-bond donors (Lipinski definition) is 0. The topological polar surface area (TPSA) is 30.2 Å². The molecular weight excluding hydrogens is 371 g/mol. The van der Waals surface area contributed by atoms with Gasteiger partial charge in [0, 0.05) is 5.56 Å².